The summed E-state index contributed by atoms with van der Waals surface area (Å²) in [5.74, 6) is -1.08. The standard InChI is InChI=1S/C35H35NO7S/c1-23(2)42-34(37)26(20-25-14-16-27(17-15-25)43-44(39,40)28-18-12-24(3)13-19-28)21-36-35(38)41-22-33-31-10-6-4-8-29(31)30-9-5-7-11-32(30)33/h4-19,23,26,33H,20-22H2,1-3H3,(H,36,38). The average molecular weight is 614 g/mol. The lowest BCUT2D eigenvalue weighted by Crippen LogP contribution is -2.36. The molecule has 0 bridgehead atoms. The molecule has 9 heteroatoms. The Hall–Kier alpha value is -4.63. The first-order valence-electron chi connectivity index (χ1n) is 14.5. The number of benzene rings is 4. The summed E-state index contributed by atoms with van der Waals surface area (Å²) in [5.41, 5.74) is 6.17. The van der Waals surface area contributed by atoms with Crippen LogP contribution in [0.3, 0.4) is 0 Å². The van der Waals surface area contributed by atoms with Gasteiger partial charge in [0, 0.05) is 12.5 Å². The zero-order chi connectivity index (χ0) is 31.3. The first kappa shape index (κ1) is 30.8. The van der Waals surface area contributed by atoms with E-state index in [1.807, 2.05) is 43.3 Å². The van der Waals surface area contributed by atoms with Crippen molar-refractivity contribution >= 4 is 22.2 Å². The minimum Gasteiger partial charge on any atom is -0.463 e. The van der Waals surface area contributed by atoms with Gasteiger partial charge in [-0.3, -0.25) is 4.79 Å². The van der Waals surface area contributed by atoms with Gasteiger partial charge in [0.25, 0.3) is 0 Å². The fraction of sp³-hybridized carbons (Fsp3) is 0.257. The van der Waals surface area contributed by atoms with Crippen LogP contribution in [0.1, 0.15) is 42.0 Å². The van der Waals surface area contributed by atoms with Gasteiger partial charge in [-0.2, -0.15) is 8.42 Å². The maximum Gasteiger partial charge on any atom is 0.407 e. The summed E-state index contributed by atoms with van der Waals surface area (Å²) in [5, 5.41) is 2.73. The van der Waals surface area contributed by atoms with Crippen LogP contribution in [0.2, 0.25) is 0 Å². The molecule has 0 saturated carbocycles. The van der Waals surface area contributed by atoms with Crippen LogP contribution in [-0.2, 0) is 30.8 Å². The van der Waals surface area contributed by atoms with Crippen LogP contribution in [0.5, 0.6) is 5.75 Å². The maximum absolute atomic E-state index is 12.9. The van der Waals surface area contributed by atoms with Crippen molar-refractivity contribution in [1.29, 1.82) is 0 Å². The normalized spacial score (nSPS) is 13.1. The minimum atomic E-state index is -3.99. The van der Waals surface area contributed by atoms with E-state index in [4.69, 9.17) is 13.7 Å². The molecule has 5 rings (SSSR count). The van der Waals surface area contributed by atoms with Gasteiger partial charge in [-0.25, -0.2) is 4.79 Å². The Labute approximate surface area is 258 Å². The molecule has 1 unspecified atom stereocenters. The monoisotopic (exact) mass is 613 g/mol. The zero-order valence-electron chi connectivity index (χ0n) is 24.9. The van der Waals surface area contributed by atoms with Crippen LogP contribution in [0, 0.1) is 12.8 Å². The van der Waals surface area contributed by atoms with Crippen molar-refractivity contribution < 1.29 is 31.7 Å². The lowest BCUT2D eigenvalue weighted by atomic mass is 9.98. The molecule has 0 spiro atoms. The Morgan fingerprint density at radius 2 is 1.41 bits per heavy atom. The highest BCUT2D eigenvalue weighted by atomic mass is 32.2. The summed E-state index contributed by atoms with van der Waals surface area (Å²) >= 11 is 0. The molecule has 0 radical (unpaired) electrons. The molecule has 8 nitrogen and oxygen atoms in total. The second kappa shape index (κ2) is 13.3. The molecule has 1 amide bonds. The van der Waals surface area contributed by atoms with E-state index in [1.54, 1.807) is 38.1 Å². The Balaban J connectivity index is 1.20. The molecule has 1 N–H and O–H groups in total. The van der Waals surface area contributed by atoms with Crippen LogP contribution in [0.25, 0.3) is 11.1 Å². The van der Waals surface area contributed by atoms with Crippen LogP contribution in [-0.4, -0.2) is 39.7 Å². The van der Waals surface area contributed by atoms with Crippen molar-refractivity contribution in [3.63, 3.8) is 0 Å². The highest BCUT2D eigenvalue weighted by Gasteiger charge is 2.29. The molecule has 44 heavy (non-hydrogen) atoms. The summed E-state index contributed by atoms with van der Waals surface area (Å²) in [6, 6.07) is 29.0. The third kappa shape index (κ3) is 7.29. The van der Waals surface area contributed by atoms with Gasteiger partial charge in [-0.15, -0.1) is 0 Å². The SMILES string of the molecule is Cc1ccc(S(=O)(=O)Oc2ccc(CC(CNC(=O)OCC3c4ccccc4-c4ccccc43)C(=O)OC(C)C)cc2)cc1. The third-order valence-corrected chi connectivity index (χ3v) is 8.70. The lowest BCUT2D eigenvalue weighted by Gasteiger charge is -2.19. The summed E-state index contributed by atoms with van der Waals surface area (Å²) in [6.45, 7) is 5.55. The van der Waals surface area contributed by atoms with Gasteiger partial charge in [-0.1, -0.05) is 78.4 Å². The molecule has 228 valence electrons. The molecule has 4 aromatic carbocycles. The van der Waals surface area contributed by atoms with E-state index in [1.165, 1.54) is 24.3 Å². The molecule has 4 aromatic rings. The number of hydrogen-bond donors (Lipinski definition) is 1. The number of esters is 1. The second-order valence-corrected chi connectivity index (χ2v) is 12.6. The topological polar surface area (TPSA) is 108 Å². The Morgan fingerprint density at radius 3 is 2.00 bits per heavy atom. The van der Waals surface area contributed by atoms with Crippen molar-refractivity contribution in [2.45, 2.75) is 44.1 Å². The number of amides is 1. The average Bonchev–Trinajstić information content (AvgIpc) is 3.32. The number of alkyl carbamates (subject to hydrolysis) is 1. The van der Waals surface area contributed by atoms with Gasteiger partial charge in [0.05, 0.1) is 12.0 Å². The number of nitrogens with one attached hydrogen (secondary N) is 1. The van der Waals surface area contributed by atoms with Gasteiger partial charge in [0.15, 0.2) is 0 Å². The number of hydrogen-bond acceptors (Lipinski definition) is 7. The second-order valence-electron chi connectivity index (χ2n) is 11.1. The van der Waals surface area contributed by atoms with Crippen molar-refractivity contribution in [2.75, 3.05) is 13.2 Å². The Bertz CT molecular complexity index is 1690. The van der Waals surface area contributed by atoms with Crippen LogP contribution in [0.15, 0.2) is 102 Å². The number of ether oxygens (including phenoxy) is 2. The summed E-state index contributed by atoms with van der Waals surface area (Å²) < 4.78 is 41.6. The fourth-order valence-electron chi connectivity index (χ4n) is 5.27. The molecule has 0 saturated heterocycles. The Kier molecular flexibility index (Phi) is 9.35. The highest BCUT2D eigenvalue weighted by Crippen LogP contribution is 2.44. The fourth-order valence-corrected chi connectivity index (χ4v) is 6.20. The smallest absolute Gasteiger partial charge is 0.407 e. The molecule has 1 aliphatic rings. The van der Waals surface area contributed by atoms with Crippen molar-refractivity contribution in [2.24, 2.45) is 5.92 Å². The van der Waals surface area contributed by atoms with Gasteiger partial charge >= 0.3 is 22.2 Å². The number of carbonyl (C=O) groups is 2. The van der Waals surface area contributed by atoms with E-state index in [0.29, 0.717) is 0 Å². The van der Waals surface area contributed by atoms with E-state index in [9.17, 15) is 18.0 Å². The van der Waals surface area contributed by atoms with E-state index < -0.39 is 28.1 Å². The predicted molar refractivity (Wildman–Crippen MR) is 167 cm³/mol. The van der Waals surface area contributed by atoms with Crippen molar-refractivity contribution in [3.8, 4) is 16.9 Å². The largest absolute Gasteiger partial charge is 0.463 e. The van der Waals surface area contributed by atoms with Gasteiger partial charge in [0.2, 0.25) is 0 Å². The van der Waals surface area contributed by atoms with Crippen LogP contribution < -0.4 is 9.50 Å². The van der Waals surface area contributed by atoms with Crippen LogP contribution >= 0.6 is 0 Å². The maximum atomic E-state index is 12.9. The first-order valence-corrected chi connectivity index (χ1v) is 15.9. The highest BCUT2D eigenvalue weighted by molar-refractivity contribution is 7.87. The van der Waals surface area contributed by atoms with E-state index in [-0.39, 0.29) is 42.2 Å². The van der Waals surface area contributed by atoms with Crippen molar-refractivity contribution in [1.82, 2.24) is 5.32 Å². The summed E-state index contributed by atoms with van der Waals surface area (Å²) in [7, 11) is -3.99. The van der Waals surface area contributed by atoms with Gasteiger partial charge in [0.1, 0.15) is 17.3 Å². The molecule has 0 aliphatic heterocycles. The molecule has 1 atom stereocenters. The lowest BCUT2D eigenvalue weighted by molar-refractivity contribution is -0.152. The molecule has 1 aliphatic carbocycles. The number of fused-ring (bicyclic) bond motifs is 3. The van der Waals surface area contributed by atoms with Crippen LogP contribution in [0.4, 0.5) is 4.79 Å². The predicted octanol–water partition coefficient (Wildman–Crippen LogP) is 6.41. The van der Waals surface area contributed by atoms with E-state index in [0.717, 1.165) is 33.4 Å². The first-order chi connectivity index (χ1) is 21.1. The van der Waals surface area contributed by atoms with Crippen molar-refractivity contribution in [3.05, 3.63) is 119 Å². The quantitative estimate of drug-likeness (QED) is 0.154. The third-order valence-electron chi connectivity index (χ3n) is 7.44. The molecular formula is C35H35NO7S. The molecule has 0 fully saturated rings. The van der Waals surface area contributed by atoms with Gasteiger partial charge in [-0.05, 0) is 79.3 Å². The van der Waals surface area contributed by atoms with E-state index in [2.05, 4.69) is 17.4 Å². The molecule has 0 heterocycles. The van der Waals surface area contributed by atoms with Gasteiger partial charge < -0.3 is 19.0 Å². The molecular weight excluding hydrogens is 578 g/mol. The number of aryl methyl sites for hydroxylation is 1. The summed E-state index contributed by atoms with van der Waals surface area (Å²) in [6.07, 6.45) is -0.707. The van der Waals surface area contributed by atoms with E-state index >= 15 is 0 Å². The Morgan fingerprint density at radius 1 is 0.818 bits per heavy atom. The number of rotatable bonds is 11. The zero-order valence-corrected chi connectivity index (χ0v) is 25.7. The molecule has 0 aromatic heterocycles. The minimum absolute atomic E-state index is 0.00226. The number of carbonyl (C=O) groups excluding carboxylic acids is 2. The summed E-state index contributed by atoms with van der Waals surface area (Å²) in [4.78, 5) is 25.8.